The zero-order chi connectivity index (χ0) is 15.7. The van der Waals surface area contributed by atoms with Gasteiger partial charge in [0.05, 0.1) is 19.3 Å². The molecule has 7 nitrogen and oxygen atoms in total. The number of ether oxygens (including phenoxy) is 2. The minimum Gasteiger partial charge on any atom is -0.467 e. The molecule has 112 valence electrons. The van der Waals surface area contributed by atoms with Crippen molar-refractivity contribution >= 4 is 20.1 Å². The van der Waals surface area contributed by atoms with E-state index in [0.717, 1.165) is 5.57 Å². The van der Waals surface area contributed by atoms with Crippen LogP contribution in [0.1, 0.15) is 6.42 Å². The maximum Gasteiger partial charge on any atom is 0.505 e. The van der Waals surface area contributed by atoms with Gasteiger partial charge in [-0.15, -0.1) is 0 Å². The molecule has 0 bridgehead atoms. The van der Waals surface area contributed by atoms with E-state index < -0.39 is 26.1 Å². The van der Waals surface area contributed by atoms with Crippen LogP contribution in [-0.4, -0.2) is 42.9 Å². The fourth-order valence-electron chi connectivity index (χ4n) is 1.48. The highest BCUT2D eigenvalue weighted by Crippen LogP contribution is 2.15. The van der Waals surface area contributed by atoms with Crippen molar-refractivity contribution < 1.29 is 28.5 Å². The third-order valence-electron chi connectivity index (χ3n) is 2.54. The SMILES string of the molecule is COC(=O)[C@H](CC[P+](=O)O)NC(=O)OCC1=CC=[C+]C=C1. The average molecular weight is 313 g/mol. The van der Waals surface area contributed by atoms with E-state index in [4.69, 9.17) is 9.63 Å². The van der Waals surface area contributed by atoms with Crippen molar-refractivity contribution in [2.45, 2.75) is 12.5 Å². The van der Waals surface area contributed by atoms with Crippen LogP contribution in [0.2, 0.25) is 0 Å². The summed E-state index contributed by atoms with van der Waals surface area (Å²) in [7, 11) is -1.22. The minimum atomic E-state index is -2.39. The molecule has 0 aromatic heterocycles. The number of nitrogens with one attached hydrogen (secondary N) is 1. The predicted octanol–water partition coefficient (Wildman–Crippen LogP) is 1.23. The van der Waals surface area contributed by atoms with Gasteiger partial charge < -0.3 is 14.8 Å². The van der Waals surface area contributed by atoms with Crippen molar-refractivity contribution in [1.82, 2.24) is 5.32 Å². The number of hydrogen-bond acceptors (Lipinski definition) is 5. The number of rotatable bonds is 7. The summed E-state index contributed by atoms with van der Waals surface area (Å²) < 4.78 is 20.1. The molecule has 0 aromatic carbocycles. The van der Waals surface area contributed by atoms with Crippen molar-refractivity contribution in [3.8, 4) is 0 Å². The van der Waals surface area contributed by atoms with Gasteiger partial charge in [-0.05, 0) is 4.57 Å². The van der Waals surface area contributed by atoms with E-state index in [9.17, 15) is 14.2 Å². The molecule has 0 heterocycles. The van der Waals surface area contributed by atoms with Crippen molar-refractivity contribution in [2.75, 3.05) is 19.9 Å². The Morgan fingerprint density at radius 3 is 2.86 bits per heavy atom. The van der Waals surface area contributed by atoms with Crippen molar-refractivity contribution in [2.24, 2.45) is 0 Å². The second-order valence-electron chi connectivity index (χ2n) is 4.07. The molecule has 0 fully saturated rings. The molecule has 1 aliphatic rings. The average Bonchev–Trinajstić information content (AvgIpc) is 2.49. The lowest BCUT2D eigenvalue weighted by Gasteiger charge is -2.14. The lowest BCUT2D eigenvalue weighted by molar-refractivity contribution is -0.143. The Morgan fingerprint density at radius 1 is 1.52 bits per heavy atom. The van der Waals surface area contributed by atoms with Gasteiger partial charge in [-0.3, -0.25) is 0 Å². The molecular formula is C13H16NO6P+2. The van der Waals surface area contributed by atoms with Gasteiger partial charge in [-0.25, -0.2) is 9.59 Å². The normalized spacial score (nSPS) is 14.6. The number of hydrogen-bond donors (Lipinski definition) is 2. The Labute approximate surface area is 123 Å². The second kappa shape index (κ2) is 8.97. The molecule has 0 saturated carbocycles. The molecular weight excluding hydrogens is 297 g/mol. The van der Waals surface area contributed by atoms with Crippen LogP contribution in [0.15, 0.2) is 29.9 Å². The molecule has 8 heteroatoms. The van der Waals surface area contributed by atoms with Gasteiger partial charge >= 0.3 is 20.1 Å². The highest BCUT2D eigenvalue weighted by atomic mass is 31.1. The lowest BCUT2D eigenvalue weighted by atomic mass is 10.2. The third-order valence-corrected chi connectivity index (χ3v) is 3.18. The molecule has 0 radical (unpaired) electrons. The molecule has 1 aliphatic carbocycles. The second-order valence-corrected chi connectivity index (χ2v) is 5.22. The Morgan fingerprint density at radius 2 is 2.29 bits per heavy atom. The minimum absolute atomic E-state index is 0.00618. The molecule has 21 heavy (non-hydrogen) atoms. The van der Waals surface area contributed by atoms with Gasteiger partial charge in [0.15, 0.2) is 6.16 Å². The molecule has 2 N–H and O–H groups in total. The van der Waals surface area contributed by atoms with Crippen LogP contribution < -0.4 is 5.32 Å². The van der Waals surface area contributed by atoms with Gasteiger partial charge in [-0.2, -0.15) is 4.89 Å². The Kier molecular flexibility index (Phi) is 7.26. The van der Waals surface area contributed by atoms with Crippen molar-refractivity contribution in [1.29, 1.82) is 0 Å². The topological polar surface area (TPSA) is 102 Å². The van der Waals surface area contributed by atoms with E-state index in [-0.39, 0.29) is 19.2 Å². The fourth-order valence-corrected chi connectivity index (χ4v) is 1.96. The molecule has 2 atom stereocenters. The summed E-state index contributed by atoms with van der Waals surface area (Å²) in [6, 6.07) is -1.02. The van der Waals surface area contributed by atoms with Gasteiger partial charge in [0.2, 0.25) is 0 Å². The predicted molar refractivity (Wildman–Crippen MR) is 74.6 cm³/mol. The number of carbonyl (C=O) groups is 2. The number of allylic oxidation sites excluding steroid dienone is 4. The van der Waals surface area contributed by atoms with Crippen molar-refractivity contribution in [3.63, 3.8) is 0 Å². The zero-order valence-electron chi connectivity index (χ0n) is 11.4. The summed E-state index contributed by atoms with van der Waals surface area (Å²) in [5.41, 5.74) is 0.775. The van der Waals surface area contributed by atoms with Gasteiger partial charge in [-0.1, -0.05) is 0 Å². The first-order valence-electron chi connectivity index (χ1n) is 6.12. The number of methoxy groups -OCH3 is 1. The van der Waals surface area contributed by atoms with Crippen LogP contribution in [0.25, 0.3) is 0 Å². The fraction of sp³-hybridized carbons (Fsp3) is 0.385. The number of carbonyl (C=O) groups excluding carboxylic acids is 2. The van der Waals surface area contributed by atoms with Crippen LogP contribution in [0.4, 0.5) is 4.79 Å². The summed E-state index contributed by atoms with van der Waals surface area (Å²) >= 11 is 0. The maximum atomic E-state index is 11.6. The number of alkyl carbamates (subject to hydrolysis) is 1. The van der Waals surface area contributed by atoms with E-state index in [1.165, 1.54) is 7.11 Å². The van der Waals surface area contributed by atoms with Crippen LogP contribution in [0.5, 0.6) is 0 Å². The van der Waals surface area contributed by atoms with E-state index >= 15 is 0 Å². The smallest absolute Gasteiger partial charge is 0.467 e. The first-order chi connectivity index (χ1) is 10.0. The monoisotopic (exact) mass is 313 g/mol. The van der Waals surface area contributed by atoms with Crippen LogP contribution >= 0.6 is 8.03 Å². The number of esters is 1. The zero-order valence-corrected chi connectivity index (χ0v) is 12.3. The van der Waals surface area contributed by atoms with E-state index in [1.807, 2.05) is 0 Å². The van der Waals surface area contributed by atoms with E-state index in [1.54, 1.807) is 24.3 Å². The molecule has 1 rings (SSSR count). The van der Waals surface area contributed by atoms with Gasteiger partial charge in [0, 0.05) is 12.5 Å². The quantitative estimate of drug-likeness (QED) is 0.416. The summed E-state index contributed by atoms with van der Waals surface area (Å²) in [4.78, 5) is 31.8. The largest absolute Gasteiger partial charge is 0.505 e. The van der Waals surface area contributed by atoms with E-state index in [2.05, 4.69) is 16.1 Å². The van der Waals surface area contributed by atoms with Crippen molar-refractivity contribution in [3.05, 3.63) is 36.0 Å². The highest BCUT2D eigenvalue weighted by Gasteiger charge is 2.26. The summed E-state index contributed by atoms with van der Waals surface area (Å²) in [6.07, 6.45) is 8.75. The Bertz CT molecular complexity index is 497. The van der Waals surface area contributed by atoms with E-state index in [0.29, 0.717) is 0 Å². The van der Waals surface area contributed by atoms with Crippen LogP contribution in [0.3, 0.4) is 0 Å². The van der Waals surface area contributed by atoms with Gasteiger partial charge in [0.25, 0.3) is 0 Å². The lowest BCUT2D eigenvalue weighted by Crippen LogP contribution is -2.42. The Hall–Kier alpha value is -2.07. The molecule has 0 aliphatic heterocycles. The molecule has 0 aromatic rings. The Balaban J connectivity index is 2.45. The number of amides is 1. The summed E-state index contributed by atoms with van der Waals surface area (Å²) in [5.74, 6) is -0.696. The molecule has 0 spiro atoms. The van der Waals surface area contributed by atoms with Crippen LogP contribution in [0, 0.1) is 6.08 Å². The standard InChI is InChI=1S/C13H14NO6P/c1-19-12(15)11(7-8-21(17)18)14-13(16)20-9-10-5-3-2-4-6-10/h3-6,11H,7-9H2,1H3/p+2/t11-/m0/s1. The molecule has 1 amide bonds. The van der Waals surface area contributed by atoms with Crippen LogP contribution in [-0.2, 0) is 18.8 Å². The first-order valence-corrected chi connectivity index (χ1v) is 7.52. The third kappa shape index (κ3) is 6.77. The first kappa shape index (κ1) is 17.0. The maximum absolute atomic E-state index is 11.6. The summed E-state index contributed by atoms with van der Waals surface area (Å²) in [6.45, 7) is 0.0443. The van der Waals surface area contributed by atoms with Gasteiger partial charge in [0.1, 0.15) is 30.4 Å². The highest BCUT2D eigenvalue weighted by molar-refractivity contribution is 7.37. The molecule has 1 unspecified atom stereocenters. The molecule has 0 saturated heterocycles. The summed E-state index contributed by atoms with van der Waals surface area (Å²) in [5, 5.41) is 2.31.